The van der Waals surface area contributed by atoms with Crippen molar-refractivity contribution in [1.29, 1.82) is 0 Å². The second-order valence-corrected chi connectivity index (χ2v) is 22.5. The molecular formula is C58H78N17O18+. The van der Waals surface area contributed by atoms with Crippen LogP contribution in [-0.4, -0.2) is 230 Å². The summed E-state index contributed by atoms with van der Waals surface area (Å²) in [7, 11) is 0. The number of nitrogens with two attached hydrogens (primary N) is 1. The Balaban J connectivity index is 1.45. The van der Waals surface area contributed by atoms with Gasteiger partial charge in [-0.15, -0.1) is 0 Å². The smallest absolute Gasteiger partial charge is 0.378 e. The quantitative estimate of drug-likeness (QED) is 0.0556. The summed E-state index contributed by atoms with van der Waals surface area (Å²) in [6.07, 6.45) is 0. The van der Waals surface area contributed by atoms with E-state index in [1.54, 1.807) is 4.90 Å². The molecule has 4 aromatic rings. The third-order valence-electron chi connectivity index (χ3n) is 15.9. The van der Waals surface area contributed by atoms with E-state index in [1.807, 2.05) is 9.80 Å². The first-order chi connectivity index (χ1) is 44.6. The number of aromatic nitrogens is 4. The second kappa shape index (κ2) is 30.7. The van der Waals surface area contributed by atoms with Crippen LogP contribution in [0.4, 0.5) is 0 Å². The third-order valence-corrected chi connectivity index (χ3v) is 15.9. The molecule has 13 heterocycles. The maximum atomic E-state index is 15.8. The summed E-state index contributed by atoms with van der Waals surface area (Å²) in [5.41, 5.74) is -2.69. The minimum Gasteiger partial charge on any atom is -0.378 e. The third kappa shape index (κ3) is 16.6. The summed E-state index contributed by atoms with van der Waals surface area (Å²) < 4.78 is 14.6. The highest BCUT2D eigenvalue weighted by Gasteiger charge is 2.53. The zero-order valence-electron chi connectivity index (χ0n) is 52.2. The summed E-state index contributed by atoms with van der Waals surface area (Å²) >= 11 is 0. The number of aryl methyl sites for hydroxylation is 4. The van der Waals surface area contributed by atoms with Crippen molar-refractivity contribution in [1.82, 2.24) is 75.5 Å². The van der Waals surface area contributed by atoms with Crippen LogP contribution >= 0.6 is 0 Å². The number of rotatable bonds is 9. The van der Waals surface area contributed by atoms with E-state index >= 15 is 33.6 Å². The van der Waals surface area contributed by atoms with Crippen molar-refractivity contribution in [3.05, 3.63) is 111 Å². The predicted octanol–water partition coefficient (Wildman–Crippen LogP) is -5.99. The molecule has 1 spiro atoms. The van der Waals surface area contributed by atoms with Crippen LogP contribution in [0.2, 0.25) is 0 Å². The van der Waals surface area contributed by atoms with E-state index in [0.717, 1.165) is 42.5 Å². The van der Waals surface area contributed by atoms with E-state index in [1.165, 1.54) is 27.7 Å². The first-order valence-corrected chi connectivity index (χ1v) is 30.5. The summed E-state index contributed by atoms with van der Waals surface area (Å²) in [5, 5.41) is 19.1. The van der Waals surface area contributed by atoms with Crippen LogP contribution in [-0.2, 0) is 54.8 Å². The number of amides is 8. The first kappa shape index (κ1) is 67.9. The lowest BCUT2D eigenvalue weighted by molar-refractivity contribution is -1.41. The number of ether oxygens (including phenoxy) is 2. The molecule has 8 amide bonds. The molecule has 13 rings (SSSR count). The highest BCUT2D eigenvalue weighted by Crippen LogP contribution is 2.31. The van der Waals surface area contributed by atoms with Crippen LogP contribution in [0.5, 0.6) is 23.0 Å². The van der Waals surface area contributed by atoms with Crippen molar-refractivity contribution in [3.63, 3.8) is 0 Å². The molecule has 0 saturated heterocycles. The van der Waals surface area contributed by atoms with Crippen molar-refractivity contribution >= 4 is 47.3 Å². The number of hydrogen-bond acceptors (Lipinski definition) is 22. The fraction of sp³-hybridized carbons (Fsp3) is 0.517. The fourth-order valence-corrected chi connectivity index (χ4v) is 10.9. The fourth-order valence-electron chi connectivity index (χ4n) is 10.9. The number of hydrogen-bond donors (Lipinski definition) is 9. The van der Waals surface area contributed by atoms with Gasteiger partial charge in [-0.25, -0.2) is 0 Å². The van der Waals surface area contributed by atoms with Gasteiger partial charge in [-0.05, 0) is 52.0 Å². The van der Waals surface area contributed by atoms with Gasteiger partial charge in [-0.3, -0.25) is 72.2 Å². The predicted molar refractivity (Wildman–Crippen MR) is 326 cm³/mol. The molecule has 10 N–H and O–H groups in total. The minimum atomic E-state index is -2.99. The van der Waals surface area contributed by atoms with E-state index in [9.17, 15) is 24.0 Å². The Kier molecular flexibility index (Phi) is 22.4. The molecule has 0 radical (unpaired) electrons. The number of carbonyl (C=O) groups is 8. The first-order valence-electron chi connectivity index (χ1n) is 30.5. The number of nitrogens with zero attached hydrogens (tertiary/aromatic N) is 8. The standard InChI is InChI=1S/C58H77N17O18/c1-35-27-39-47-55(84)71(35)31-43(76)60-6-14-69-15-7-61-44(77)32-72-36(2)28-40-48(56(72)85)91-75(90-47)92-49-41(53(82)66-12-20-68(18-10-64-51(39)80)19-11-65-52(40)81)29-37(3)73(57(49)86)33-45(78)62-8-16-70(22-21-69)17-9-63-46(79)34-74-38(4)30-42(50(93-75)58(74)87)54(83)67-13-24-89-26-25-88-23-5-59/h27-30H,5-26,31-34,59H2,1-4H3,(H7-,60,61,62,63,64,65,66,67,76,77,78,79,80,81,82,83)/p+1. The normalized spacial score (nSPS) is 21.3. The molecule has 0 saturated carbocycles. The Hall–Kier alpha value is -9.52. The number of nitrogens with one attached hydrogen (secondary N) is 8. The largest absolute Gasteiger partial charge is 0.429 e. The van der Waals surface area contributed by atoms with Gasteiger partial charge in [0.05, 0.1) is 48.7 Å². The minimum absolute atomic E-state index is 0.0145. The zero-order valence-corrected chi connectivity index (χ0v) is 52.2. The molecule has 4 aromatic heterocycles. The molecule has 9 aliphatic heterocycles. The van der Waals surface area contributed by atoms with Crippen LogP contribution in [0.25, 0.3) is 0 Å². The molecule has 0 fully saturated rings. The maximum absolute atomic E-state index is 15.8. The maximum Gasteiger partial charge on any atom is 0.429 e. The molecule has 1 unspecified atom stereocenters. The van der Waals surface area contributed by atoms with Crippen LogP contribution < -0.4 is 89.9 Å². The van der Waals surface area contributed by atoms with Gasteiger partial charge in [-0.1, -0.05) is 0 Å². The van der Waals surface area contributed by atoms with Crippen LogP contribution in [0.15, 0.2) is 43.4 Å². The van der Waals surface area contributed by atoms with Gasteiger partial charge in [-0.2, -0.15) is 19.4 Å². The molecule has 35 heteroatoms. The number of quaternary nitrogens is 1. The average Bonchev–Trinajstić information content (AvgIpc) is 0.778. The lowest BCUT2D eigenvalue weighted by atomic mass is 10.1. The van der Waals surface area contributed by atoms with Gasteiger partial charge in [0.25, 0.3) is 46.6 Å². The summed E-state index contributed by atoms with van der Waals surface area (Å²) in [6, 6.07) is 4.56. The Bertz CT molecular complexity index is 3550. The van der Waals surface area contributed by atoms with Gasteiger partial charge >= 0.3 is 27.4 Å². The van der Waals surface area contributed by atoms with Crippen LogP contribution in [0.1, 0.15) is 64.2 Å². The lowest BCUT2D eigenvalue weighted by Gasteiger charge is -2.29. The van der Waals surface area contributed by atoms with Gasteiger partial charge < -0.3 is 76.0 Å². The highest BCUT2D eigenvalue weighted by atomic mass is 17.4. The molecule has 12 bridgehead atoms. The zero-order chi connectivity index (χ0) is 66.5. The van der Waals surface area contributed by atoms with E-state index in [0.29, 0.717) is 0 Å². The van der Waals surface area contributed by atoms with Crippen molar-refractivity contribution in [2.24, 2.45) is 5.73 Å². The molecule has 0 aliphatic carbocycles. The van der Waals surface area contributed by atoms with Crippen molar-refractivity contribution < 1.29 is 72.3 Å². The van der Waals surface area contributed by atoms with Crippen LogP contribution in [0, 0.1) is 27.7 Å². The molecule has 35 nitrogen and oxygen atoms in total. The number of pyridine rings is 4. The van der Waals surface area contributed by atoms with Crippen molar-refractivity contribution in [2.75, 3.05) is 144 Å². The van der Waals surface area contributed by atoms with Crippen LogP contribution in [0.3, 0.4) is 0 Å². The summed E-state index contributed by atoms with van der Waals surface area (Å²) in [4.78, 5) is 212. The van der Waals surface area contributed by atoms with E-state index in [2.05, 4.69) is 42.5 Å². The monoisotopic (exact) mass is 1300 g/mol. The highest BCUT2D eigenvalue weighted by molar-refractivity contribution is 5.99. The summed E-state index contributed by atoms with van der Waals surface area (Å²) in [5.74, 6) is -12.0. The number of carbonyl (C=O) groups excluding carboxylic acids is 8. The average molecular weight is 1300 g/mol. The summed E-state index contributed by atoms with van der Waals surface area (Å²) in [6.45, 7) is 3.46. The Labute approximate surface area is 531 Å². The molecular weight excluding hydrogens is 1220 g/mol. The Morgan fingerprint density at radius 1 is 0.430 bits per heavy atom. The Morgan fingerprint density at radius 3 is 1.09 bits per heavy atom. The molecule has 502 valence electrons. The second-order valence-electron chi connectivity index (χ2n) is 22.5. The SMILES string of the molecule is Cc1cc(C(=O)NCCOCCOCCN)c2c(=O)n1CC(=O)NCCN1CCNC(=O)Cn3c(C)cc4c(c3=O)O[N+]3(O2)Oc2c5cc(C)n(c2=O)CC(=O)NCCN(CCNC(=O)Cn2c(C)cc(c(c2=O)O3)C(=O)NCCN(CCNC4=O)CCNC5=O)CC1. The molecule has 1 atom stereocenters. The number of fused-ring (bicyclic) bond motifs is 9. The molecule has 93 heavy (non-hydrogen) atoms. The topological polar surface area (TPSA) is 412 Å². The van der Waals surface area contributed by atoms with Crippen molar-refractivity contribution in [2.45, 2.75) is 53.9 Å². The van der Waals surface area contributed by atoms with Gasteiger partial charge in [0, 0.05) is 141 Å². The Morgan fingerprint density at radius 2 is 0.731 bits per heavy atom. The van der Waals surface area contributed by atoms with E-state index in [4.69, 9.17) is 34.6 Å². The van der Waals surface area contributed by atoms with Crippen molar-refractivity contribution in [3.8, 4) is 23.0 Å². The van der Waals surface area contributed by atoms with Gasteiger partial charge in [0.15, 0.2) is 0 Å². The molecule has 9 aliphatic rings. The van der Waals surface area contributed by atoms with Gasteiger partial charge in [0.1, 0.15) is 26.2 Å². The van der Waals surface area contributed by atoms with Gasteiger partial charge in [0.2, 0.25) is 23.6 Å². The molecule has 0 aromatic carbocycles. The van der Waals surface area contributed by atoms with E-state index < -0.39 is 146 Å². The van der Waals surface area contributed by atoms with E-state index in [-0.39, 0.29) is 167 Å². The lowest BCUT2D eigenvalue weighted by Crippen LogP contribution is -2.62.